The molecule has 0 rings (SSSR count). The van der Waals surface area contributed by atoms with E-state index in [9.17, 15) is 4.79 Å². The molecule has 1 unspecified atom stereocenters. The van der Waals surface area contributed by atoms with Crippen LogP contribution in [-0.4, -0.2) is 24.3 Å². The van der Waals surface area contributed by atoms with Crippen molar-refractivity contribution in [2.45, 2.75) is 20.0 Å². The number of hydrogen-bond donors (Lipinski definition) is 1. The first-order valence-corrected chi connectivity index (χ1v) is 2.85. The maximum Gasteiger partial charge on any atom is 0.308 e. The van der Waals surface area contributed by atoms with Gasteiger partial charge in [-0.15, -0.1) is 0 Å². The van der Waals surface area contributed by atoms with Gasteiger partial charge >= 0.3 is 5.97 Å². The van der Waals surface area contributed by atoms with Crippen LogP contribution in [0.25, 0.3) is 0 Å². The van der Waals surface area contributed by atoms with Crippen molar-refractivity contribution in [3.8, 4) is 0 Å². The van der Waals surface area contributed by atoms with E-state index < -0.39 is 11.9 Å². The van der Waals surface area contributed by atoms with Crippen LogP contribution in [0.5, 0.6) is 0 Å². The summed E-state index contributed by atoms with van der Waals surface area (Å²) in [6.07, 6.45) is -0.206. The lowest BCUT2D eigenvalue weighted by atomic mass is 10.1. The largest absolute Gasteiger partial charge is 0.481 e. The Labute approximate surface area is 54.6 Å². The molecule has 54 valence electrons. The molecule has 0 amide bonds. The Bertz CT molecular complexity index is 100. The molecule has 0 fully saturated rings. The first-order chi connectivity index (χ1) is 4.09. The van der Waals surface area contributed by atoms with Gasteiger partial charge in [-0.3, -0.25) is 4.79 Å². The van der Waals surface area contributed by atoms with Crippen LogP contribution in [0.3, 0.4) is 0 Å². The second-order valence-electron chi connectivity index (χ2n) is 2.07. The van der Waals surface area contributed by atoms with Crippen molar-refractivity contribution in [1.82, 2.24) is 0 Å². The number of rotatable bonds is 3. The summed E-state index contributed by atoms with van der Waals surface area (Å²) in [5, 5.41) is 8.40. The molecule has 0 aliphatic carbocycles. The summed E-state index contributed by atoms with van der Waals surface area (Å²) in [6, 6.07) is 0. The molecule has 0 aliphatic heterocycles. The van der Waals surface area contributed by atoms with Crippen LogP contribution in [0, 0.1) is 5.92 Å². The average Bonchev–Trinajstić information content (AvgIpc) is 1.84. The zero-order chi connectivity index (χ0) is 7.44. The molecule has 0 spiro atoms. The lowest BCUT2D eigenvalue weighted by Gasteiger charge is -2.12. The van der Waals surface area contributed by atoms with Gasteiger partial charge in [0.1, 0.15) is 0 Å². The van der Waals surface area contributed by atoms with Crippen molar-refractivity contribution >= 4 is 5.97 Å². The molecule has 0 aliphatic rings. The molecule has 0 aromatic carbocycles. The van der Waals surface area contributed by atoms with Crippen molar-refractivity contribution in [3.63, 3.8) is 0 Å². The summed E-state index contributed by atoms with van der Waals surface area (Å²) in [4.78, 5) is 10.2. The predicted molar refractivity (Wildman–Crippen MR) is 33.3 cm³/mol. The summed E-state index contributed by atoms with van der Waals surface area (Å²) >= 11 is 0. The molecule has 3 nitrogen and oxygen atoms in total. The fraction of sp³-hybridized carbons (Fsp3) is 0.833. The van der Waals surface area contributed by atoms with Gasteiger partial charge in [-0.2, -0.15) is 0 Å². The molecule has 0 bridgehead atoms. The van der Waals surface area contributed by atoms with E-state index in [0.29, 0.717) is 0 Å². The predicted octanol–water partition coefficient (Wildman–Crippen LogP) is 0.742. The zero-order valence-electron chi connectivity index (χ0n) is 5.92. The Hall–Kier alpha value is -0.570. The summed E-state index contributed by atoms with van der Waals surface area (Å²) in [6.45, 7) is 3.36. The second kappa shape index (κ2) is 3.45. The molecule has 9 heavy (non-hydrogen) atoms. The minimum atomic E-state index is -0.815. The summed E-state index contributed by atoms with van der Waals surface area (Å²) < 4.78 is 4.79. The van der Waals surface area contributed by atoms with Gasteiger partial charge in [0.25, 0.3) is 0 Å². The van der Waals surface area contributed by atoms with Gasteiger partial charge in [-0.25, -0.2) is 0 Å². The fourth-order valence-electron chi connectivity index (χ4n) is 0.405. The monoisotopic (exact) mass is 132 g/mol. The van der Waals surface area contributed by atoms with Crippen molar-refractivity contribution in [1.29, 1.82) is 0 Å². The first-order valence-electron chi connectivity index (χ1n) is 2.85. The van der Waals surface area contributed by atoms with Crippen LogP contribution in [0.15, 0.2) is 0 Å². The molecule has 0 saturated heterocycles. The third-order valence-corrected chi connectivity index (χ3v) is 1.47. The average molecular weight is 132 g/mol. The number of ether oxygens (including phenoxy) is 1. The van der Waals surface area contributed by atoms with E-state index in [1.54, 1.807) is 13.8 Å². The van der Waals surface area contributed by atoms with Crippen molar-refractivity contribution in [3.05, 3.63) is 0 Å². The lowest BCUT2D eigenvalue weighted by Crippen LogP contribution is -2.24. The smallest absolute Gasteiger partial charge is 0.308 e. The number of carboxylic acid groups (broad SMARTS) is 1. The van der Waals surface area contributed by atoms with Gasteiger partial charge < -0.3 is 9.84 Å². The third-order valence-electron chi connectivity index (χ3n) is 1.47. The number of methoxy groups -OCH3 is 1. The van der Waals surface area contributed by atoms with E-state index >= 15 is 0 Å². The van der Waals surface area contributed by atoms with Gasteiger partial charge in [0.05, 0.1) is 12.0 Å². The summed E-state index contributed by atoms with van der Waals surface area (Å²) in [5.41, 5.74) is 0. The van der Waals surface area contributed by atoms with Gasteiger partial charge in [0.2, 0.25) is 0 Å². The van der Waals surface area contributed by atoms with E-state index in [2.05, 4.69) is 0 Å². The van der Waals surface area contributed by atoms with E-state index in [1.807, 2.05) is 0 Å². The molecule has 2 atom stereocenters. The lowest BCUT2D eigenvalue weighted by molar-refractivity contribution is -0.145. The zero-order valence-corrected chi connectivity index (χ0v) is 5.92. The van der Waals surface area contributed by atoms with Crippen LogP contribution < -0.4 is 0 Å². The Morgan fingerprint density at radius 1 is 1.56 bits per heavy atom. The Morgan fingerprint density at radius 3 is 2.11 bits per heavy atom. The Kier molecular flexibility index (Phi) is 3.24. The van der Waals surface area contributed by atoms with E-state index in [1.165, 1.54) is 7.11 Å². The van der Waals surface area contributed by atoms with Gasteiger partial charge in [0.15, 0.2) is 0 Å². The number of aliphatic carboxylic acids is 1. The molecule has 0 radical (unpaired) electrons. The molecule has 0 aromatic heterocycles. The molecule has 1 N–H and O–H groups in total. The number of carbonyl (C=O) groups is 1. The van der Waals surface area contributed by atoms with Crippen molar-refractivity contribution in [2.75, 3.05) is 7.11 Å². The number of hydrogen-bond acceptors (Lipinski definition) is 2. The first kappa shape index (κ1) is 8.43. The molecule has 3 heteroatoms. The highest BCUT2D eigenvalue weighted by Crippen LogP contribution is 2.04. The SMILES string of the molecule is COC(C)[C@H](C)C(=O)O. The van der Waals surface area contributed by atoms with Crippen LogP contribution in [-0.2, 0) is 9.53 Å². The fourth-order valence-corrected chi connectivity index (χ4v) is 0.405. The maximum atomic E-state index is 10.2. The maximum absolute atomic E-state index is 10.2. The minimum absolute atomic E-state index is 0.206. The standard InChI is InChI=1S/C6H12O3/c1-4(6(7)8)5(2)9-3/h4-5H,1-3H3,(H,7,8)/t4-,5?/m0/s1. The van der Waals surface area contributed by atoms with Gasteiger partial charge in [0, 0.05) is 7.11 Å². The minimum Gasteiger partial charge on any atom is -0.481 e. The van der Waals surface area contributed by atoms with Crippen LogP contribution in [0.1, 0.15) is 13.8 Å². The molecule has 0 heterocycles. The van der Waals surface area contributed by atoms with Crippen LogP contribution >= 0.6 is 0 Å². The summed E-state index contributed by atoms with van der Waals surface area (Å²) in [7, 11) is 1.50. The highest BCUT2D eigenvalue weighted by atomic mass is 16.5. The third kappa shape index (κ3) is 2.46. The van der Waals surface area contributed by atoms with Gasteiger partial charge in [-0.1, -0.05) is 0 Å². The topological polar surface area (TPSA) is 46.5 Å². The quantitative estimate of drug-likeness (QED) is 0.616. The Morgan fingerprint density at radius 2 is 2.00 bits per heavy atom. The molecule has 0 saturated carbocycles. The second-order valence-corrected chi connectivity index (χ2v) is 2.07. The normalized spacial score (nSPS) is 16.8. The molecular formula is C6H12O3. The van der Waals surface area contributed by atoms with Gasteiger partial charge in [-0.05, 0) is 13.8 Å². The van der Waals surface area contributed by atoms with E-state index in [4.69, 9.17) is 9.84 Å². The molecular weight excluding hydrogens is 120 g/mol. The summed E-state index contributed by atoms with van der Waals surface area (Å²) in [5.74, 6) is -1.24. The van der Waals surface area contributed by atoms with Crippen molar-refractivity contribution in [2.24, 2.45) is 5.92 Å². The van der Waals surface area contributed by atoms with Crippen LogP contribution in [0.2, 0.25) is 0 Å². The highest BCUT2D eigenvalue weighted by Gasteiger charge is 2.17. The number of carboxylic acids is 1. The molecule has 0 aromatic rings. The van der Waals surface area contributed by atoms with E-state index in [-0.39, 0.29) is 6.10 Å². The van der Waals surface area contributed by atoms with Crippen molar-refractivity contribution < 1.29 is 14.6 Å². The van der Waals surface area contributed by atoms with E-state index in [0.717, 1.165) is 0 Å². The highest BCUT2D eigenvalue weighted by molar-refractivity contribution is 5.70. The van der Waals surface area contributed by atoms with Crippen LogP contribution in [0.4, 0.5) is 0 Å². The Balaban J connectivity index is 3.72.